The molecule has 7 nitrogen and oxygen atoms in total. The minimum Gasteiger partial charge on any atom is -0.480 e. The molecule has 3 N–H and O–H groups in total. The van der Waals surface area contributed by atoms with Gasteiger partial charge < -0.3 is 15.7 Å². The van der Waals surface area contributed by atoms with Gasteiger partial charge in [-0.05, 0) is 36.2 Å². The number of aliphatic carboxylic acids is 1. The molecule has 0 fully saturated rings. The number of carbonyl (C=O) groups is 3. The Labute approximate surface area is 176 Å². The summed E-state index contributed by atoms with van der Waals surface area (Å²) < 4.78 is 25.4. The van der Waals surface area contributed by atoms with Gasteiger partial charge in [-0.15, -0.1) is 0 Å². The molecule has 0 aliphatic heterocycles. The lowest BCUT2D eigenvalue weighted by Gasteiger charge is -2.21. The van der Waals surface area contributed by atoms with Crippen LogP contribution >= 0.6 is 0 Å². The Hall–Kier alpha value is -3.07. The van der Waals surface area contributed by atoms with Gasteiger partial charge in [0, 0.05) is 24.0 Å². The summed E-state index contributed by atoms with van der Waals surface area (Å²) in [4.78, 5) is 36.3. The summed E-state index contributed by atoms with van der Waals surface area (Å²) in [6.07, 6.45) is 0.0138. The second-order valence-electron chi connectivity index (χ2n) is 6.63. The molecule has 0 bridgehead atoms. The number of carboxylic acids is 1. The summed E-state index contributed by atoms with van der Waals surface area (Å²) in [6.45, 7) is 1.24. The van der Waals surface area contributed by atoms with Crippen molar-refractivity contribution in [3.63, 3.8) is 0 Å². The third kappa shape index (κ3) is 7.40. The maximum atomic E-state index is 13.1. The standard InChI is InChI=1S/C21H23FN2O5S/c1-14(25)23-19(13-15-7-9-16(22)10-8-15)20(26)24-18(21(27)28)11-12-30(29)17-5-3-2-4-6-17/h2-10,18-19H,11-13H2,1H3,(H,23,25)(H,24,26)(H,27,28)/t18-,19-,30-/m1/s1. The van der Waals surface area contributed by atoms with Crippen molar-refractivity contribution in [2.24, 2.45) is 0 Å². The Morgan fingerprint density at radius 2 is 1.63 bits per heavy atom. The van der Waals surface area contributed by atoms with Gasteiger partial charge in [-0.25, -0.2) is 9.18 Å². The van der Waals surface area contributed by atoms with Crippen LogP contribution in [0.4, 0.5) is 4.39 Å². The second-order valence-corrected chi connectivity index (χ2v) is 8.21. The van der Waals surface area contributed by atoms with Crippen LogP contribution in [0.1, 0.15) is 18.9 Å². The van der Waals surface area contributed by atoms with Crippen LogP contribution in [0, 0.1) is 5.82 Å². The van der Waals surface area contributed by atoms with Gasteiger partial charge >= 0.3 is 5.97 Å². The van der Waals surface area contributed by atoms with Crippen LogP contribution in [0.25, 0.3) is 0 Å². The van der Waals surface area contributed by atoms with Gasteiger partial charge in [-0.2, -0.15) is 0 Å². The summed E-state index contributed by atoms with van der Waals surface area (Å²) >= 11 is 0. The normalized spacial score (nSPS) is 13.7. The maximum Gasteiger partial charge on any atom is 0.326 e. The van der Waals surface area contributed by atoms with Crippen molar-refractivity contribution < 1.29 is 28.1 Å². The molecular weight excluding hydrogens is 411 g/mol. The zero-order valence-electron chi connectivity index (χ0n) is 16.3. The lowest BCUT2D eigenvalue weighted by Crippen LogP contribution is -2.52. The molecular formula is C21H23FN2O5S. The van der Waals surface area contributed by atoms with Gasteiger partial charge in [0.1, 0.15) is 17.9 Å². The van der Waals surface area contributed by atoms with Crippen LogP contribution in [0.15, 0.2) is 59.5 Å². The summed E-state index contributed by atoms with van der Waals surface area (Å²) in [5, 5.41) is 14.3. The number of rotatable bonds is 10. The Bertz CT molecular complexity index is 905. The number of carboxylic acid groups (broad SMARTS) is 1. The van der Waals surface area contributed by atoms with Gasteiger partial charge in [0.05, 0.1) is 10.8 Å². The van der Waals surface area contributed by atoms with Gasteiger partial charge in [0.15, 0.2) is 0 Å². The van der Waals surface area contributed by atoms with E-state index in [1.807, 2.05) is 0 Å². The van der Waals surface area contributed by atoms with Gasteiger partial charge in [0.25, 0.3) is 0 Å². The summed E-state index contributed by atoms with van der Waals surface area (Å²) in [7, 11) is -1.41. The van der Waals surface area contributed by atoms with E-state index in [0.717, 1.165) is 0 Å². The third-order valence-corrected chi connectivity index (χ3v) is 5.66. The summed E-state index contributed by atoms with van der Waals surface area (Å²) in [6, 6.07) is 11.7. The molecule has 30 heavy (non-hydrogen) atoms. The predicted octanol–water partition coefficient (Wildman–Crippen LogP) is 1.64. The topological polar surface area (TPSA) is 113 Å². The van der Waals surface area contributed by atoms with Crippen molar-refractivity contribution in [1.29, 1.82) is 0 Å². The first-order valence-corrected chi connectivity index (χ1v) is 10.6. The highest BCUT2D eigenvalue weighted by atomic mass is 32.2. The number of hydrogen-bond acceptors (Lipinski definition) is 4. The molecule has 2 rings (SSSR count). The average molecular weight is 434 g/mol. The molecule has 2 aromatic carbocycles. The molecule has 0 aromatic heterocycles. The van der Waals surface area contributed by atoms with E-state index in [4.69, 9.17) is 0 Å². The lowest BCUT2D eigenvalue weighted by atomic mass is 10.0. The van der Waals surface area contributed by atoms with E-state index in [1.165, 1.54) is 31.2 Å². The van der Waals surface area contributed by atoms with Gasteiger partial charge in [0.2, 0.25) is 11.8 Å². The van der Waals surface area contributed by atoms with Crippen molar-refractivity contribution >= 4 is 28.6 Å². The second kappa shape index (κ2) is 11.2. The number of halogens is 1. The highest BCUT2D eigenvalue weighted by Crippen LogP contribution is 2.10. The number of benzene rings is 2. The quantitative estimate of drug-likeness (QED) is 0.526. The van der Waals surface area contributed by atoms with Crippen LogP contribution in [0.2, 0.25) is 0 Å². The minimum atomic E-state index is -1.41. The molecule has 0 aliphatic carbocycles. The fourth-order valence-electron chi connectivity index (χ4n) is 2.76. The summed E-state index contributed by atoms with van der Waals surface area (Å²) in [5.74, 6) is -2.81. The highest BCUT2D eigenvalue weighted by Gasteiger charge is 2.26. The molecule has 0 unspecified atom stereocenters. The summed E-state index contributed by atoms with van der Waals surface area (Å²) in [5.41, 5.74) is 0.599. The monoisotopic (exact) mass is 434 g/mol. The van der Waals surface area contributed by atoms with E-state index in [0.29, 0.717) is 10.5 Å². The molecule has 3 atom stereocenters. The Morgan fingerprint density at radius 3 is 2.20 bits per heavy atom. The zero-order valence-corrected chi connectivity index (χ0v) is 17.2. The predicted molar refractivity (Wildman–Crippen MR) is 110 cm³/mol. The van der Waals surface area contributed by atoms with Crippen molar-refractivity contribution in [1.82, 2.24) is 10.6 Å². The van der Waals surface area contributed by atoms with Crippen LogP contribution < -0.4 is 10.6 Å². The minimum absolute atomic E-state index is 0.0457. The average Bonchev–Trinajstić information content (AvgIpc) is 2.71. The SMILES string of the molecule is CC(=O)N[C@H](Cc1ccc(F)cc1)C(=O)N[C@H](CC[S@@](=O)c1ccccc1)C(=O)O. The van der Waals surface area contributed by atoms with Crippen LogP contribution in [-0.4, -0.2) is 44.9 Å². The van der Waals surface area contributed by atoms with Crippen LogP contribution in [-0.2, 0) is 31.6 Å². The Balaban J connectivity index is 2.03. The fourth-order valence-corrected chi connectivity index (χ4v) is 3.90. The van der Waals surface area contributed by atoms with E-state index < -0.39 is 46.5 Å². The van der Waals surface area contributed by atoms with Gasteiger partial charge in [-0.3, -0.25) is 13.8 Å². The highest BCUT2D eigenvalue weighted by molar-refractivity contribution is 7.85. The van der Waals surface area contributed by atoms with Crippen molar-refractivity contribution in [3.05, 3.63) is 66.0 Å². The van der Waals surface area contributed by atoms with Gasteiger partial charge in [-0.1, -0.05) is 30.3 Å². The largest absolute Gasteiger partial charge is 0.480 e. The van der Waals surface area contributed by atoms with E-state index >= 15 is 0 Å². The van der Waals surface area contributed by atoms with Crippen LogP contribution in [0.5, 0.6) is 0 Å². The lowest BCUT2D eigenvalue weighted by molar-refractivity contribution is -0.142. The van der Waals surface area contributed by atoms with E-state index in [2.05, 4.69) is 10.6 Å². The van der Waals surface area contributed by atoms with E-state index in [-0.39, 0.29) is 18.6 Å². The number of nitrogens with one attached hydrogen (secondary N) is 2. The molecule has 0 aliphatic rings. The number of hydrogen-bond donors (Lipinski definition) is 3. The zero-order chi connectivity index (χ0) is 22.1. The first kappa shape index (κ1) is 23.2. The first-order valence-electron chi connectivity index (χ1n) is 9.24. The maximum absolute atomic E-state index is 13.1. The van der Waals surface area contributed by atoms with Crippen LogP contribution in [0.3, 0.4) is 0 Å². The Kier molecular flexibility index (Phi) is 8.67. The molecule has 0 saturated carbocycles. The molecule has 9 heteroatoms. The van der Waals surface area contributed by atoms with E-state index in [1.54, 1.807) is 30.3 Å². The molecule has 0 saturated heterocycles. The number of carbonyl (C=O) groups excluding carboxylic acids is 2. The van der Waals surface area contributed by atoms with E-state index in [9.17, 15) is 28.1 Å². The van der Waals surface area contributed by atoms with Crippen molar-refractivity contribution in [2.45, 2.75) is 36.7 Å². The van der Waals surface area contributed by atoms with Crippen molar-refractivity contribution in [3.8, 4) is 0 Å². The molecule has 0 spiro atoms. The molecule has 160 valence electrons. The molecule has 2 amide bonds. The van der Waals surface area contributed by atoms with Crippen molar-refractivity contribution in [2.75, 3.05) is 5.75 Å². The third-order valence-electron chi connectivity index (χ3n) is 4.26. The first-order chi connectivity index (χ1) is 14.3. The smallest absolute Gasteiger partial charge is 0.326 e. The molecule has 2 aromatic rings. The fraction of sp³-hybridized carbons (Fsp3) is 0.286. The Morgan fingerprint density at radius 1 is 1.00 bits per heavy atom. The number of amides is 2. The molecule has 0 radical (unpaired) electrons. The molecule has 0 heterocycles.